The van der Waals surface area contributed by atoms with Gasteiger partial charge in [0.15, 0.2) is 9.84 Å². The summed E-state index contributed by atoms with van der Waals surface area (Å²) < 4.78 is 22.7. The molecule has 1 atom stereocenters. The predicted molar refractivity (Wildman–Crippen MR) is 61.0 cm³/mol. The molecule has 1 heterocycles. The van der Waals surface area contributed by atoms with E-state index < -0.39 is 15.1 Å². The third-order valence-corrected chi connectivity index (χ3v) is 3.93. The molecular weight excluding hydrogens is 210 g/mol. The fourth-order valence-electron chi connectivity index (χ4n) is 1.62. The van der Waals surface area contributed by atoms with Crippen LogP contribution in [0.1, 0.15) is 17.7 Å². The molecule has 0 saturated heterocycles. The number of para-hydroxylation sites is 1. The highest BCUT2D eigenvalue weighted by atomic mass is 32.2. The van der Waals surface area contributed by atoms with Crippen LogP contribution in [-0.2, 0) is 9.84 Å². The normalized spacial score (nSPS) is 14.3. The van der Waals surface area contributed by atoms with Gasteiger partial charge in [0.2, 0.25) is 0 Å². The number of H-pyrrole nitrogens is 1. The summed E-state index contributed by atoms with van der Waals surface area (Å²) in [7, 11) is -3.29. The molecule has 15 heavy (non-hydrogen) atoms. The number of fused-ring (bicyclic) bond motifs is 1. The van der Waals surface area contributed by atoms with Gasteiger partial charge in [0, 0.05) is 17.1 Å². The first-order chi connectivity index (χ1) is 7.00. The minimum Gasteiger partial charge on any atom is -0.361 e. The molecule has 4 heteroatoms. The van der Waals surface area contributed by atoms with Gasteiger partial charge >= 0.3 is 0 Å². The van der Waals surface area contributed by atoms with Crippen LogP contribution in [0, 0.1) is 6.26 Å². The monoisotopic (exact) mass is 222 g/mol. The van der Waals surface area contributed by atoms with Gasteiger partial charge in [0.1, 0.15) is 0 Å². The van der Waals surface area contributed by atoms with Crippen LogP contribution in [0.15, 0.2) is 30.5 Å². The van der Waals surface area contributed by atoms with Gasteiger partial charge in [0.25, 0.3) is 0 Å². The molecular formula is C11H12NO2S. The summed E-state index contributed by atoms with van der Waals surface area (Å²) in [5.74, 6) is 0. The average Bonchev–Trinajstić information content (AvgIpc) is 2.58. The Morgan fingerprint density at radius 2 is 2.00 bits per heavy atom. The molecule has 1 unspecified atom stereocenters. The van der Waals surface area contributed by atoms with Gasteiger partial charge in [-0.3, -0.25) is 0 Å². The molecule has 1 N–H and O–H groups in total. The fraction of sp³-hybridized carbons (Fsp3) is 0.182. The predicted octanol–water partition coefficient (Wildman–Crippen LogP) is 2.44. The van der Waals surface area contributed by atoms with Crippen LogP contribution < -0.4 is 0 Å². The molecule has 0 bridgehead atoms. The van der Waals surface area contributed by atoms with Crippen molar-refractivity contribution in [2.75, 3.05) is 0 Å². The molecule has 0 aliphatic carbocycles. The Morgan fingerprint density at radius 1 is 1.33 bits per heavy atom. The van der Waals surface area contributed by atoms with Crippen molar-refractivity contribution in [1.82, 2.24) is 4.98 Å². The van der Waals surface area contributed by atoms with E-state index in [-0.39, 0.29) is 0 Å². The van der Waals surface area contributed by atoms with Crippen LogP contribution in [0.2, 0.25) is 0 Å². The van der Waals surface area contributed by atoms with Gasteiger partial charge in [-0.05, 0) is 18.6 Å². The standard InChI is InChI=1S/C11H12NO2S/c1-8(15(2,13)14)10-7-12-11-6-4-3-5-9(10)11/h3-8,12H,2H2,1H3. The summed E-state index contributed by atoms with van der Waals surface area (Å²) in [6, 6.07) is 7.62. The largest absolute Gasteiger partial charge is 0.361 e. The Hall–Kier alpha value is -1.29. The molecule has 1 aromatic heterocycles. The molecule has 2 aromatic rings. The van der Waals surface area contributed by atoms with E-state index in [0.717, 1.165) is 16.5 Å². The van der Waals surface area contributed by atoms with Crippen LogP contribution in [0.5, 0.6) is 0 Å². The number of sulfone groups is 1. The van der Waals surface area contributed by atoms with E-state index in [1.54, 1.807) is 13.1 Å². The lowest BCUT2D eigenvalue weighted by atomic mass is 10.1. The van der Waals surface area contributed by atoms with Crippen LogP contribution in [0.25, 0.3) is 10.9 Å². The highest BCUT2D eigenvalue weighted by Gasteiger charge is 2.20. The Labute approximate surface area is 89.0 Å². The molecule has 3 nitrogen and oxygen atoms in total. The highest BCUT2D eigenvalue weighted by molar-refractivity contribution is 7.92. The zero-order valence-corrected chi connectivity index (χ0v) is 9.21. The second-order valence-corrected chi connectivity index (χ2v) is 5.63. The van der Waals surface area contributed by atoms with Crippen LogP contribution in [0.3, 0.4) is 0 Å². The second kappa shape index (κ2) is 3.38. The van der Waals surface area contributed by atoms with Crippen molar-refractivity contribution in [3.8, 4) is 0 Å². The first-order valence-electron chi connectivity index (χ1n) is 4.63. The number of rotatable bonds is 2. The molecule has 2 rings (SSSR count). The number of hydrogen-bond donors (Lipinski definition) is 1. The summed E-state index contributed by atoms with van der Waals surface area (Å²) in [4.78, 5) is 3.05. The van der Waals surface area contributed by atoms with Crippen molar-refractivity contribution in [2.45, 2.75) is 12.2 Å². The van der Waals surface area contributed by atoms with E-state index in [1.165, 1.54) is 0 Å². The molecule has 0 aliphatic heterocycles. The maximum absolute atomic E-state index is 11.3. The maximum atomic E-state index is 11.3. The first kappa shape index (κ1) is 10.2. The molecule has 0 aliphatic rings. The third kappa shape index (κ3) is 1.77. The van der Waals surface area contributed by atoms with Gasteiger partial charge in [-0.15, -0.1) is 0 Å². The number of hydrogen-bond acceptors (Lipinski definition) is 2. The molecule has 0 saturated carbocycles. The molecule has 0 spiro atoms. The van der Waals surface area contributed by atoms with Crippen molar-refractivity contribution in [1.29, 1.82) is 0 Å². The van der Waals surface area contributed by atoms with Gasteiger partial charge in [0.05, 0.1) is 11.5 Å². The second-order valence-electron chi connectivity index (χ2n) is 3.59. The van der Waals surface area contributed by atoms with Gasteiger partial charge in [-0.25, -0.2) is 8.42 Å². The summed E-state index contributed by atoms with van der Waals surface area (Å²) in [5.41, 5.74) is 1.73. The summed E-state index contributed by atoms with van der Waals surface area (Å²) >= 11 is 0. The quantitative estimate of drug-likeness (QED) is 0.848. The van der Waals surface area contributed by atoms with E-state index in [2.05, 4.69) is 11.2 Å². The van der Waals surface area contributed by atoms with Gasteiger partial charge in [-0.2, -0.15) is 0 Å². The highest BCUT2D eigenvalue weighted by Crippen LogP contribution is 2.28. The van der Waals surface area contributed by atoms with Crippen molar-refractivity contribution in [3.05, 3.63) is 42.3 Å². The van der Waals surface area contributed by atoms with E-state index in [4.69, 9.17) is 0 Å². The minimum absolute atomic E-state index is 0.575. The maximum Gasteiger partial charge on any atom is 0.158 e. The third-order valence-electron chi connectivity index (χ3n) is 2.60. The van der Waals surface area contributed by atoms with Crippen LogP contribution in [-0.4, -0.2) is 13.4 Å². The van der Waals surface area contributed by atoms with Crippen molar-refractivity contribution in [2.24, 2.45) is 0 Å². The van der Waals surface area contributed by atoms with Crippen LogP contribution >= 0.6 is 0 Å². The Kier molecular flexibility index (Phi) is 2.31. The summed E-state index contributed by atoms with van der Waals surface area (Å²) in [5, 5.41) is 0.367. The number of benzene rings is 1. The minimum atomic E-state index is -3.29. The topological polar surface area (TPSA) is 49.9 Å². The van der Waals surface area contributed by atoms with Gasteiger partial charge < -0.3 is 4.98 Å². The fourth-order valence-corrected chi connectivity index (χ4v) is 2.21. The van der Waals surface area contributed by atoms with Crippen LogP contribution in [0.4, 0.5) is 0 Å². The Balaban J connectivity index is 2.63. The lowest BCUT2D eigenvalue weighted by Crippen LogP contribution is -2.04. The number of aromatic nitrogens is 1. The van der Waals surface area contributed by atoms with E-state index >= 15 is 0 Å². The number of aromatic amines is 1. The molecule has 79 valence electrons. The van der Waals surface area contributed by atoms with Gasteiger partial charge in [-0.1, -0.05) is 18.2 Å². The van der Waals surface area contributed by atoms with Crippen molar-refractivity contribution < 1.29 is 8.42 Å². The zero-order valence-electron chi connectivity index (χ0n) is 8.40. The Bertz CT molecular complexity index is 583. The molecule has 1 aromatic carbocycles. The van der Waals surface area contributed by atoms with Crippen molar-refractivity contribution >= 4 is 20.7 Å². The first-order valence-corrected chi connectivity index (χ1v) is 6.34. The van der Waals surface area contributed by atoms with E-state index in [9.17, 15) is 8.42 Å². The lowest BCUT2D eigenvalue weighted by Gasteiger charge is -2.07. The summed E-state index contributed by atoms with van der Waals surface area (Å²) in [6.07, 6.45) is 4.93. The van der Waals surface area contributed by atoms with Crippen molar-refractivity contribution in [3.63, 3.8) is 0 Å². The smallest absolute Gasteiger partial charge is 0.158 e. The molecule has 0 amide bonds. The SMILES string of the molecule is [CH2]S(=O)(=O)C(C)c1c[nH]c2ccccc12. The zero-order chi connectivity index (χ0) is 11.1. The number of nitrogens with one attached hydrogen (secondary N) is 1. The van der Waals surface area contributed by atoms with E-state index in [0.29, 0.717) is 0 Å². The average molecular weight is 222 g/mol. The Morgan fingerprint density at radius 3 is 2.67 bits per heavy atom. The molecule has 1 radical (unpaired) electrons. The summed E-state index contributed by atoms with van der Waals surface area (Å²) in [6.45, 7) is 1.65. The lowest BCUT2D eigenvalue weighted by molar-refractivity contribution is 0.595. The van der Waals surface area contributed by atoms with E-state index in [1.807, 2.05) is 24.3 Å². The molecule has 0 fully saturated rings.